The number of carbonyl (C=O) groups excluding carboxylic acids is 1. The first-order valence-corrected chi connectivity index (χ1v) is 7.96. The summed E-state index contributed by atoms with van der Waals surface area (Å²) in [5, 5.41) is 2.75. The fourth-order valence-electron chi connectivity index (χ4n) is 2.59. The lowest BCUT2D eigenvalue weighted by Crippen LogP contribution is -2.54. The molecule has 1 heterocycles. The number of hydrogen-bond acceptors (Lipinski definition) is 4. The molecule has 0 aromatic heterocycles. The molecule has 0 bridgehead atoms. The first kappa shape index (κ1) is 16.3. The van der Waals surface area contributed by atoms with Crippen molar-refractivity contribution < 1.29 is 4.79 Å². The number of nitrogens with one attached hydrogen (secondary N) is 1. The minimum atomic E-state index is -0.293. The molecule has 0 radical (unpaired) electrons. The van der Waals surface area contributed by atoms with Crippen molar-refractivity contribution in [1.82, 2.24) is 15.1 Å². The minimum absolute atomic E-state index is 0.0174. The molecule has 1 fully saturated rings. The predicted octanol–water partition coefficient (Wildman–Crippen LogP) is 0.890. The van der Waals surface area contributed by atoms with Crippen LogP contribution in [0.15, 0.2) is 30.3 Å². The topological polar surface area (TPSA) is 35.6 Å². The molecular formula is C16H25N3OS. The highest BCUT2D eigenvalue weighted by Crippen LogP contribution is 2.09. The van der Waals surface area contributed by atoms with E-state index in [0.717, 1.165) is 25.2 Å². The molecule has 1 aromatic rings. The zero-order valence-electron chi connectivity index (χ0n) is 12.8. The molecule has 2 unspecified atom stereocenters. The summed E-state index contributed by atoms with van der Waals surface area (Å²) in [5.41, 5.74) is 1.14. The Morgan fingerprint density at radius 1 is 1.33 bits per heavy atom. The Kier molecular flexibility index (Phi) is 6.08. The number of carbonyl (C=O) groups is 1. The molecule has 1 aromatic carbocycles. The Hall–Kier alpha value is -1.04. The Labute approximate surface area is 132 Å². The van der Waals surface area contributed by atoms with Gasteiger partial charge in [0, 0.05) is 32.2 Å². The molecular weight excluding hydrogens is 282 g/mol. The Morgan fingerprint density at radius 2 is 2.05 bits per heavy atom. The third kappa shape index (κ3) is 5.02. The van der Waals surface area contributed by atoms with E-state index in [2.05, 4.69) is 41.8 Å². The SMILES string of the molecule is CN1CCN(C)C(CNC(=O)C(S)Cc2ccccc2)C1. The van der Waals surface area contributed by atoms with Crippen LogP contribution in [-0.4, -0.2) is 67.3 Å². The second kappa shape index (κ2) is 7.82. The second-order valence-electron chi connectivity index (χ2n) is 5.85. The van der Waals surface area contributed by atoms with E-state index in [4.69, 9.17) is 0 Å². The van der Waals surface area contributed by atoms with Crippen molar-refractivity contribution in [3.8, 4) is 0 Å². The first-order chi connectivity index (χ1) is 10.1. The molecule has 1 aliphatic heterocycles. The van der Waals surface area contributed by atoms with Gasteiger partial charge in [0.25, 0.3) is 0 Å². The van der Waals surface area contributed by atoms with Crippen LogP contribution in [0.5, 0.6) is 0 Å². The third-order valence-electron chi connectivity index (χ3n) is 4.07. The number of rotatable bonds is 5. The van der Waals surface area contributed by atoms with Crippen LogP contribution in [0.1, 0.15) is 5.56 Å². The molecule has 1 amide bonds. The Bertz CT molecular complexity index is 454. The van der Waals surface area contributed by atoms with Crippen LogP contribution >= 0.6 is 12.6 Å². The minimum Gasteiger partial charge on any atom is -0.354 e. The molecule has 2 rings (SSSR count). The fraction of sp³-hybridized carbons (Fsp3) is 0.562. The zero-order valence-corrected chi connectivity index (χ0v) is 13.7. The average Bonchev–Trinajstić information content (AvgIpc) is 2.49. The summed E-state index contributed by atoms with van der Waals surface area (Å²) in [6.07, 6.45) is 0.663. The highest BCUT2D eigenvalue weighted by molar-refractivity contribution is 7.81. The quantitative estimate of drug-likeness (QED) is 0.793. The number of amides is 1. The van der Waals surface area contributed by atoms with Crippen LogP contribution in [0.4, 0.5) is 0 Å². The normalized spacial score (nSPS) is 22.0. The molecule has 0 aliphatic carbocycles. The van der Waals surface area contributed by atoms with E-state index in [0.29, 0.717) is 19.0 Å². The van der Waals surface area contributed by atoms with Gasteiger partial charge in [-0.15, -0.1) is 0 Å². The third-order valence-corrected chi connectivity index (χ3v) is 4.48. The second-order valence-corrected chi connectivity index (χ2v) is 6.47. The van der Waals surface area contributed by atoms with E-state index in [1.54, 1.807) is 0 Å². The Morgan fingerprint density at radius 3 is 2.76 bits per heavy atom. The number of hydrogen-bond donors (Lipinski definition) is 2. The number of thiol groups is 1. The molecule has 4 nitrogen and oxygen atoms in total. The van der Waals surface area contributed by atoms with Gasteiger partial charge in [0.2, 0.25) is 5.91 Å². The van der Waals surface area contributed by atoms with E-state index in [-0.39, 0.29) is 11.2 Å². The summed E-state index contributed by atoms with van der Waals surface area (Å²) in [6.45, 7) is 3.81. The van der Waals surface area contributed by atoms with Gasteiger partial charge in [-0.2, -0.15) is 12.6 Å². The predicted molar refractivity (Wildman–Crippen MR) is 89.8 cm³/mol. The fourth-order valence-corrected chi connectivity index (χ4v) is 2.89. The summed E-state index contributed by atoms with van der Waals surface area (Å²) in [6, 6.07) is 10.4. The highest BCUT2D eigenvalue weighted by atomic mass is 32.1. The van der Waals surface area contributed by atoms with Gasteiger partial charge in [-0.25, -0.2) is 0 Å². The number of likely N-dealkylation sites (N-methyl/N-ethyl adjacent to an activating group) is 2. The highest BCUT2D eigenvalue weighted by Gasteiger charge is 2.23. The maximum Gasteiger partial charge on any atom is 0.233 e. The molecule has 0 spiro atoms. The van der Waals surface area contributed by atoms with Crippen LogP contribution in [0.25, 0.3) is 0 Å². The van der Waals surface area contributed by atoms with Crippen LogP contribution < -0.4 is 5.32 Å². The molecule has 0 saturated carbocycles. The monoisotopic (exact) mass is 307 g/mol. The van der Waals surface area contributed by atoms with Gasteiger partial charge in [-0.1, -0.05) is 30.3 Å². The zero-order chi connectivity index (χ0) is 15.2. The van der Waals surface area contributed by atoms with Crippen molar-refractivity contribution in [2.75, 3.05) is 40.3 Å². The lowest BCUT2D eigenvalue weighted by atomic mass is 10.1. The van der Waals surface area contributed by atoms with Crippen molar-refractivity contribution in [3.63, 3.8) is 0 Å². The molecule has 21 heavy (non-hydrogen) atoms. The maximum atomic E-state index is 12.2. The van der Waals surface area contributed by atoms with Gasteiger partial charge in [0.1, 0.15) is 0 Å². The summed E-state index contributed by atoms with van der Waals surface area (Å²) in [5.74, 6) is 0.0174. The van der Waals surface area contributed by atoms with Gasteiger partial charge in [-0.05, 0) is 26.1 Å². The lowest BCUT2D eigenvalue weighted by molar-refractivity contribution is -0.120. The van der Waals surface area contributed by atoms with Crippen molar-refractivity contribution in [2.24, 2.45) is 0 Å². The van der Waals surface area contributed by atoms with Gasteiger partial charge in [0.05, 0.1) is 5.25 Å². The summed E-state index contributed by atoms with van der Waals surface area (Å²) >= 11 is 4.44. The van der Waals surface area contributed by atoms with Crippen molar-refractivity contribution in [2.45, 2.75) is 17.7 Å². The van der Waals surface area contributed by atoms with E-state index < -0.39 is 0 Å². The van der Waals surface area contributed by atoms with Crippen LogP contribution in [0.2, 0.25) is 0 Å². The van der Waals surface area contributed by atoms with Gasteiger partial charge >= 0.3 is 0 Å². The molecule has 116 valence electrons. The maximum absolute atomic E-state index is 12.2. The van der Waals surface area contributed by atoms with Gasteiger partial charge in [-0.3, -0.25) is 9.69 Å². The molecule has 1 aliphatic rings. The van der Waals surface area contributed by atoms with Crippen molar-refractivity contribution in [3.05, 3.63) is 35.9 Å². The van der Waals surface area contributed by atoms with Crippen molar-refractivity contribution in [1.29, 1.82) is 0 Å². The average molecular weight is 307 g/mol. The van der Waals surface area contributed by atoms with E-state index in [1.165, 1.54) is 0 Å². The molecule has 1 saturated heterocycles. The summed E-state index contributed by atoms with van der Waals surface area (Å²) in [4.78, 5) is 16.8. The van der Waals surface area contributed by atoms with E-state index in [9.17, 15) is 4.79 Å². The molecule has 5 heteroatoms. The van der Waals surface area contributed by atoms with Crippen LogP contribution in [0, 0.1) is 0 Å². The largest absolute Gasteiger partial charge is 0.354 e. The molecule has 1 N–H and O–H groups in total. The van der Waals surface area contributed by atoms with Crippen LogP contribution in [0.3, 0.4) is 0 Å². The standard InChI is InChI=1S/C16H25N3OS/c1-18-8-9-19(2)14(12-18)11-17-16(20)15(21)10-13-6-4-3-5-7-13/h3-7,14-15,21H,8-12H2,1-2H3,(H,17,20). The number of piperazine rings is 1. The Balaban J connectivity index is 1.78. The van der Waals surface area contributed by atoms with Gasteiger partial charge < -0.3 is 10.2 Å². The van der Waals surface area contributed by atoms with E-state index in [1.807, 2.05) is 30.3 Å². The van der Waals surface area contributed by atoms with Gasteiger partial charge in [0.15, 0.2) is 0 Å². The van der Waals surface area contributed by atoms with Crippen molar-refractivity contribution >= 4 is 18.5 Å². The lowest BCUT2D eigenvalue weighted by Gasteiger charge is -2.37. The van der Waals surface area contributed by atoms with Crippen LogP contribution in [-0.2, 0) is 11.2 Å². The summed E-state index contributed by atoms with van der Waals surface area (Å²) in [7, 11) is 4.24. The molecule has 2 atom stereocenters. The summed E-state index contributed by atoms with van der Waals surface area (Å²) < 4.78 is 0. The number of nitrogens with zero attached hydrogens (tertiary/aromatic N) is 2. The van der Waals surface area contributed by atoms with E-state index >= 15 is 0 Å². The first-order valence-electron chi connectivity index (χ1n) is 7.44. The smallest absolute Gasteiger partial charge is 0.233 e. The number of benzene rings is 1.